The summed E-state index contributed by atoms with van der Waals surface area (Å²) < 4.78 is 0. The molecule has 1 N–H and O–H groups in total. The van der Waals surface area contributed by atoms with Gasteiger partial charge in [0.1, 0.15) is 0 Å². The van der Waals surface area contributed by atoms with Crippen LogP contribution in [-0.4, -0.2) is 22.3 Å². The fraction of sp³-hybridized carbons (Fsp3) is 0.211. The number of nitrogens with one attached hydrogen (secondary N) is 1. The third-order valence-corrected chi connectivity index (χ3v) is 4.62. The van der Waals surface area contributed by atoms with E-state index in [1.807, 2.05) is 41.3 Å². The first-order valence-electron chi connectivity index (χ1n) is 7.71. The topological polar surface area (TPSA) is 36.1 Å². The van der Waals surface area contributed by atoms with Crippen LogP contribution in [0.3, 0.4) is 0 Å². The van der Waals surface area contributed by atoms with Crippen molar-refractivity contribution in [3.05, 3.63) is 71.4 Å². The van der Waals surface area contributed by atoms with Crippen molar-refractivity contribution in [2.45, 2.75) is 19.4 Å². The highest BCUT2D eigenvalue weighted by Gasteiger charge is 2.30. The number of H-pyrrole nitrogens is 1. The monoisotopic (exact) mass is 290 g/mol. The summed E-state index contributed by atoms with van der Waals surface area (Å²) in [5, 5.41) is 1.29. The van der Waals surface area contributed by atoms with Gasteiger partial charge in [-0.2, -0.15) is 0 Å². The van der Waals surface area contributed by atoms with Gasteiger partial charge < -0.3 is 9.88 Å². The Kier molecular flexibility index (Phi) is 3.00. The normalized spacial score (nSPS) is 17.5. The van der Waals surface area contributed by atoms with E-state index in [-0.39, 0.29) is 11.9 Å². The van der Waals surface area contributed by atoms with E-state index in [2.05, 4.69) is 30.1 Å². The van der Waals surface area contributed by atoms with E-state index in [9.17, 15) is 4.79 Å². The van der Waals surface area contributed by atoms with Crippen molar-refractivity contribution in [2.24, 2.45) is 0 Å². The van der Waals surface area contributed by atoms with Crippen molar-refractivity contribution < 1.29 is 4.79 Å². The Balaban J connectivity index is 1.73. The third-order valence-electron chi connectivity index (χ3n) is 4.62. The van der Waals surface area contributed by atoms with Crippen LogP contribution >= 0.6 is 0 Å². The highest BCUT2D eigenvalue weighted by molar-refractivity contribution is 5.95. The van der Waals surface area contributed by atoms with Crippen molar-refractivity contribution in [1.29, 1.82) is 0 Å². The highest BCUT2D eigenvalue weighted by atomic mass is 16.2. The number of hydrogen-bond acceptors (Lipinski definition) is 1. The molecule has 2 heterocycles. The predicted molar refractivity (Wildman–Crippen MR) is 87.9 cm³/mol. The van der Waals surface area contributed by atoms with Gasteiger partial charge in [0.05, 0.1) is 6.04 Å². The summed E-state index contributed by atoms with van der Waals surface area (Å²) in [5.41, 5.74) is 4.46. The minimum absolute atomic E-state index is 0.0730. The lowest BCUT2D eigenvalue weighted by Gasteiger charge is -2.33. The summed E-state index contributed by atoms with van der Waals surface area (Å²) in [6, 6.07) is 18.0. The molecule has 1 aliphatic heterocycles. The van der Waals surface area contributed by atoms with Gasteiger partial charge in [-0.15, -0.1) is 0 Å². The molecule has 1 aliphatic rings. The summed E-state index contributed by atoms with van der Waals surface area (Å²) >= 11 is 0. The van der Waals surface area contributed by atoms with Crippen LogP contribution in [0, 0.1) is 0 Å². The van der Waals surface area contributed by atoms with Gasteiger partial charge in [0.15, 0.2) is 0 Å². The zero-order valence-corrected chi connectivity index (χ0v) is 12.5. The molecule has 0 radical (unpaired) electrons. The second-order valence-corrected chi connectivity index (χ2v) is 5.85. The summed E-state index contributed by atoms with van der Waals surface area (Å²) in [6.45, 7) is 2.87. The molecule has 0 spiro atoms. The van der Waals surface area contributed by atoms with E-state index in [1.54, 1.807) is 0 Å². The van der Waals surface area contributed by atoms with Gasteiger partial charge in [0.25, 0.3) is 5.91 Å². The van der Waals surface area contributed by atoms with Crippen molar-refractivity contribution in [2.75, 3.05) is 6.54 Å². The maximum atomic E-state index is 12.7. The van der Waals surface area contributed by atoms with Crippen LogP contribution in [0.25, 0.3) is 10.9 Å². The molecule has 4 rings (SSSR count). The zero-order valence-electron chi connectivity index (χ0n) is 12.5. The molecule has 0 aliphatic carbocycles. The van der Waals surface area contributed by atoms with Crippen LogP contribution < -0.4 is 0 Å². The molecule has 0 fully saturated rings. The lowest BCUT2D eigenvalue weighted by molar-refractivity contribution is 0.0674. The minimum atomic E-state index is 0.0730. The van der Waals surface area contributed by atoms with Crippen LogP contribution in [-0.2, 0) is 6.42 Å². The summed E-state index contributed by atoms with van der Waals surface area (Å²) in [5.74, 6) is 0.109. The molecule has 1 aromatic heterocycles. The van der Waals surface area contributed by atoms with Crippen LogP contribution in [0.5, 0.6) is 0 Å². The third kappa shape index (κ3) is 1.93. The van der Waals surface area contributed by atoms with Crippen LogP contribution in [0.2, 0.25) is 0 Å². The van der Waals surface area contributed by atoms with Gasteiger partial charge >= 0.3 is 0 Å². The predicted octanol–water partition coefficient (Wildman–Crippen LogP) is 3.93. The lowest BCUT2D eigenvalue weighted by Crippen LogP contribution is -2.38. The first kappa shape index (κ1) is 13.1. The first-order chi connectivity index (χ1) is 10.8. The Morgan fingerprint density at radius 1 is 1.09 bits per heavy atom. The van der Waals surface area contributed by atoms with Crippen molar-refractivity contribution in [3.8, 4) is 0 Å². The number of aromatic nitrogens is 1. The smallest absolute Gasteiger partial charge is 0.254 e. The number of nitrogens with zero attached hydrogens (tertiary/aromatic N) is 1. The van der Waals surface area contributed by atoms with Gasteiger partial charge in [0.2, 0.25) is 0 Å². The Labute approximate surface area is 129 Å². The van der Waals surface area contributed by atoms with E-state index in [0.29, 0.717) is 0 Å². The molecular weight excluding hydrogens is 272 g/mol. The lowest BCUT2D eigenvalue weighted by atomic mass is 9.97. The molecule has 0 saturated heterocycles. The van der Waals surface area contributed by atoms with Crippen molar-refractivity contribution in [1.82, 2.24) is 9.88 Å². The second kappa shape index (κ2) is 5.02. The van der Waals surface area contributed by atoms with E-state index in [1.165, 1.54) is 16.6 Å². The van der Waals surface area contributed by atoms with Gasteiger partial charge in [-0.05, 0) is 37.1 Å². The highest BCUT2D eigenvalue weighted by Crippen LogP contribution is 2.34. The number of carbonyl (C=O) groups is 1. The summed E-state index contributed by atoms with van der Waals surface area (Å²) in [6.07, 6.45) is 0.905. The van der Waals surface area contributed by atoms with Crippen molar-refractivity contribution >= 4 is 16.8 Å². The molecule has 22 heavy (non-hydrogen) atoms. The van der Waals surface area contributed by atoms with E-state index >= 15 is 0 Å². The number of amides is 1. The van der Waals surface area contributed by atoms with Gasteiger partial charge in [-0.3, -0.25) is 4.79 Å². The van der Waals surface area contributed by atoms with E-state index in [4.69, 9.17) is 0 Å². The molecule has 3 aromatic rings. The molecule has 1 amide bonds. The number of carbonyl (C=O) groups excluding carboxylic acids is 1. The van der Waals surface area contributed by atoms with Gasteiger partial charge in [0, 0.05) is 28.7 Å². The fourth-order valence-corrected chi connectivity index (χ4v) is 3.45. The second-order valence-electron chi connectivity index (χ2n) is 5.85. The van der Waals surface area contributed by atoms with Gasteiger partial charge in [-0.25, -0.2) is 0 Å². The summed E-state index contributed by atoms with van der Waals surface area (Å²) in [7, 11) is 0. The number of aromatic amines is 1. The first-order valence-corrected chi connectivity index (χ1v) is 7.71. The van der Waals surface area contributed by atoms with Crippen LogP contribution in [0.4, 0.5) is 0 Å². The van der Waals surface area contributed by atoms with E-state index < -0.39 is 0 Å². The number of fused-ring (bicyclic) bond motifs is 3. The number of para-hydroxylation sites is 1. The average molecular weight is 290 g/mol. The standard InChI is InChI=1S/C19H18N2O/c1-13-18-16(15-9-5-6-10-17(15)20-18)11-12-21(13)19(22)14-7-3-2-4-8-14/h2-10,13,20H,11-12H2,1H3. The van der Waals surface area contributed by atoms with Gasteiger partial charge in [-0.1, -0.05) is 36.4 Å². The molecule has 0 saturated carbocycles. The molecule has 3 nitrogen and oxygen atoms in total. The molecule has 3 heteroatoms. The van der Waals surface area contributed by atoms with Crippen molar-refractivity contribution in [3.63, 3.8) is 0 Å². The fourth-order valence-electron chi connectivity index (χ4n) is 3.45. The quantitative estimate of drug-likeness (QED) is 0.724. The Morgan fingerprint density at radius 2 is 1.82 bits per heavy atom. The Morgan fingerprint density at radius 3 is 2.64 bits per heavy atom. The molecular formula is C19H18N2O. The average Bonchev–Trinajstić information content (AvgIpc) is 2.95. The molecule has 0 bridgehead atoms. The summed E-state index contributed by atoms with van der Waals surface area (Å²) in [4.78, 5) is 18.2. The molecule has 1 unspecified atom stereocenters. The van der Waals surface area contributed by atoms with Crippen LogP contribution in [0.15, 0.2) is 54.6 Å². The van der Waals surface area contributed by atoms with E-state index in [0.717, 1.165) is 24.0 Å². The van der Waals surface area contributed by atoms with Crippen LogP contribution in [0.1, 0.15) is 34.6 Å². The number of benzene rings is 2. The maximum absolute atomic E-state index is 12.7. The molecule has 2 aromatic carbocycles. The molecule has 110 valence electrons. The Hall–Kier alpha value is -2.55. The Bertz CT molecular complexity index is 835. The molecule has 1 atom stereocenters. The largest absolute Gasteiger partial charge is 0.356 e. The maximum Gasteiger partial charge on any atom is 0.254 e. The SMILES string of the molecule is CC1c2[nH]c3ccccc3c2CCN1C(=O)c1ccccc1. The number of hydrogen-bond donors (Lipinski definition) is 1. The number of rotatable bonds is 1. The minimum Gasteiger partial charge on any atom is -0.356 e. The zero-order chi connectivity index (χ0) is 15.1.